The second kappa shape index (κ2) is 8.92. The Morgan fingerprint density at radius 1 is 1.29 bits per heavy atom. The fourth-order valence-electron chi connectivity index (χ4n) is 1.88. The summed E-state index contributed by atoms with van der Waals surface area (Å²) in [5, 5.41) is 11.7. The largest absolute Gasteiger partial charge is 0.497 e. The predicted molar refractivity (Wildman–Crippen MR) is 89.3 cm³/mol. The van der Waals surface area contributed by atoms with Crippen molar-refractivity contribution in [3.8, 4) is 11.8 Å². The third-order valence-corrected chi connectivity index (χ3v) is 3.93. The minimum atomic E-state index is -0.980. The van der Waals surface area contributed by atoms with Gasteiger partial charge in [-0.1, -0.05) is 26.0 Å². The van der Waals surface area contributed by atoms with E-state index < -0.39 is 17.4 Å². The summed E-state index contributed by atoms with van der Waals surface area (Å²) >= 11 is 0. The number of benzene rings is 1. The summed E-state index contributed by atoms with van der Waals surface area (Å²) in [6, 6.07) is 9.46. The Kier molecular flexibility index (Phi) is 7.25. The molecule has 0 radical (unpaired) electrons. The van der Waals surface area contributed by atoms with Gasteiger partial charge in [0, 0.05) is 6.42 Å². The highest BCUT2D eigenvalue weighted by Gasteiger charge is 2.30. The molecule has 0 aliphatic heterocycles. The van der Waals surface area contributed by atoms with Crippen LogP contribution in [0.3, 0.4) is 0 Å². The zero-order valence-electron chi connectivity index (χ0n) is 14.6. The Morgan fingerprint density at radius 3 is 2.42 bits per heavy atom. The first-order chi connectivity index (χ1) is 11.3. The van der Waals surface area contributed by atoms with E-state index in [1.807, 2.05) is 38.1 Å². The number of methoxy groups -OCH3 is 1. The Morgan fingerprint density at radius 2 is 1.92 bits per heavy atom. The summed E-state index contributed by atoms with van der Waals surface area (Å²) in [5.41, 5.74) is 0.00104. The molecule has 1 aromatic carbocycles. The van der Waals surface area contributed by atoms with Crippen molar-refractivity contribution in [2.75, 3.05) is 13.7 Å². The molecule has 1 rings (SSSR count). The van der Waals surface area contributed by atoms with Gasteiger partial charge in [-0.25, -0.2) is 0 Å². The SMILES string of the molecule is COc1ccc(CCC(=O)OCC(=O)N[C@@](C)(C#N)C(C)C)cc1. The molecule has 6 heteroatoms. The van der Waals surface area contributed by atoms with E-state index in [1.165, 1.54) is 0 Å². The van der Waals surface area contributed by atoms with Crippen LogP contribution in [0.1, 0.15) is 32.8 Å². The van der Waals surface area contributed by atoms with Crippen molar-refractivity contribution in [3.05, 3.63) is 29.8 Å². The highest BCUT2D eigenvalue weighted by atomic mass is 16.5. The fraction of sp³-hybridized carbons (Fsp3) is 0.500. The van der Waals surface area contributed by atoms with E-state index in [1.54, 1.807) is 14.0 Å². The summed E-state index contributed by atoms with van der Waals surface area (Å²) in [6.45, 7) is 4.93. The number of carbonyl (C=O) groups is 2. The maximum Gasteiger partial charge on any atom is 0.306 e. The molecule has 1 amide bonds. The molecule has 0 bridgehead atoms. The lowest BCUT2D eigenvalue weighted by Gasteiger charge is -2.27. The number of esters is 1. The molecule has 0 saturated heterocycles. The lowest BCUT2D eigenvalue weighted by molar-refractivity contribution is -0.149. The minimum absolute atomic E-state index is 0.0581. The van der Waals surface area contributed by atoms with E-state index >= 15 is 0 Å². The molecular weight excluding hydrogens is 308 g/mol. The summed E-state index contributed by atoms with van der Waals surface area (Å²) < 4.78 is 10.0. The molecule has 0 aliphatic rings. The Balaban J connectivity index is 2.37. The maximum atomic E-state index is 11.8. The number of nitrogens with zero attached hydrogens (tertiary/aromatic N) is 1. The van der Waals surface area contributed by atoms with Crippen LogP contribution >= 0.6 is 0 Å². The van der Waals surface area contributed by atoms with Crippen molar-refractivity contribution >= 4 is 11.9 Å². The lowest BCUT2D eigenvalue weighted by Crippen LogP contribution is -2.50. The molecule has 0 heterocycles. The van der Waals surface area contributed by atoms with Gasteiger partial charge in [0.05, 0.1) is 13.2 Å². The van der Waals surface area contributed by atoms with Gasteiger partial charge in [-0.05, 0) is 37.0 Å². The molecule has 1 aromatic rings. The van der Waals surface area contributed by atoms with E-state index in [2.05, 4.69) is 11.4 Å². The van der Waals surface area contributed by atoms with Crippen LogP contribution in [-0.4, -0.2) is 31.1 Å². The number of nitrogens with one attached hydrogen (secondary N) is 1. The first-order valence-electron chi connectivity index (χ1n) is 7.81. The van der Waals surface area contributed by atoms with E-state index in [-0.39, 0.29) is 18.9 Å². The normalized spacial score (nSPS) is 12.8. The van der Waals surface area contributed by atoms with E-state index in [9.17, 15) is 9.59 Å². The van der Waals surface area contributed by atoms with Crippen LogP contribution in [0.15, 0.2) is 24.3 Å². The number of ether oxygens (including phenoxy) is 2. The number of nitriles is 1. The molecule has 0 aromatic heterocycles. The minimum Gasteiger partial charge on any atom is -0.497 e. The van der Waals surface area contributed by atoms with Gasteiger partial charge >= 0.3 is 5.97 Å². The Bertz CT molecular complexity index is 604. The van der Waals surface area contributed by atoms with Crippen LogP contribution in [-0.2, 0) is 20.7 Å². The fourth-order valence-corrected chi connectivity index (χ4v) is 1.88. The molecule has 0 unspecified atom stereocenters. The highest BCUT2D eigenvalue weighted by Crippen LogP contribution is 2.15. The molecule has 0 aliphatic carbocycles. The van der Waals surface area contributed by atoms with Crippen LogP contribution in [0.2, 0.25) is 0 Å². The first kappa shape index (κ1) is 19.5. The van der Waals surface area contributed by atoms with Crippen molar-refractivity contribution in [1.82, 2.24) is 5.32 Å². The summed E-state index contributed by atoms with van der Waals surface area (Å²) in [4.78, 5) is 23.5. The molecule has 6 nitrogen and oxygen atoms in total. The predicted octanol–water partition coefficient (Wildman–Crippen LogP) is 2.23. The average Bonchev–Trinajstić information content (AvgIpc) is 2.58. The van der Waals surface area contributed by atoms with Gasteiger partial charge in [0.15, 0.2) is 6.61 Å². The zero-order chi connectivity index (χ0) is 18.2. The van der Waals surface area contributed by atoms with E-state index in [0.717, 1.165) is 11.3 Å². The smallest absolute Gasteiger partial charge is 0.306 e. The Hall–Kier alpha value is -2.55. The van der Waals surface area contributed by atoms with Crippen LogP contribution in [0.4, 0.5) is 0 Å². The van der Waals surface area contributed by atoms with Gasteiger partial charge in [0.25, 0.3) is 5.91 Å². The van der Waals surface area contributed by atoms with Gasteiger partial charge in [-0.2, -0.15) is 5.26 Å². The standard InChI is InChI=1S/C18H24N2O4/c1-13(2)18(3,12-19)20-16(21)11-24-17(22)10-7-14-5-8-15(23-4)9-6-14/h5-6,8-9,13H,7,10-11H2,1-4H3,(H,20,21)/t18-/m0/s1. The molecule has 1 atom stereocenters. The zero-order valence-corrected chi connectivity index (χ0v) is 14.6. The number of hydrogen-bond acceptors (Lipinski definition) is 5. The molecule has 0 fully saturated rings. The van der Waals surface area contributed by atoms with Gasteiger partial charge in [-0.15, -0.1) is 0 Å². The van der Waals surface area contributed by atoms with Crippen LogP contribution < -0.4 is 10.1 Å². The third-order valence-electron chi connectivity index (χ3n) is 3.93. The maximum absolute atomic E-state index is 11.8. The van der Waals surface area contributed by atoms with E-state index in [4.69, 9.17) is 14.7 Å². The molecule has 0 saturated carbocycles. The van der Waals surface area contributed by atoms with Crippen molar-refractivity contribution < 1.29 is 19.1 Å². The topological polar surface area (TPSA) is 88.4 Å². The summed E-state index contributed by atoms with van der Waals surface area (Å²) in [7, 11) is 1.59. The summed E-state index contributed by atoms with van der Waals surface area (Å²) in [6.07, 6.45) is 0.700. The highest BCUT2D eigenvalue weighted by molar-refractivity contribution is 5.81. The van der Waals surface area contributed by atoms with Crippen LogP contribution in [0, 0.1) is 17.2 Å². The second-order valence-corrected chi connectivity index (χ2v) is 6.03. The van der Waals surface area contributed by atoms with E-state index in [0.29, 0.717) is 6.42 Å². The quantitative estimate of drug-likeness (QED) is 0.737. The number of rotatable bonds is 8. The van der Waals surface area contributed by atoms with Crippen LogP contribution in [0.5, 0.6) is 5.75 Å². The Labute approximate surface area is 142 Å². The van der Waals surface area contributed by atoms with Crippen molar-refractivity contribution in [1.29, 1.82) is 5.26 Å². The monoisotopic (exact) mass is 332 g/mol. The van der Waals surface area contributed by atoms with Gasteiger partial charge < -0.3 is 14.8 Å². The number of aryl methyl sites for hydroxylation is 1. The van der Waals surface area contributed by atoms with Gasteiger partial charge in [0.2, 0.25) is 0 Å². The first-order valence-corrected chi connectivity index (χ1v) is 7.81. The van der Waals surface area contributed by atoms with Gasteiger partial charge in [-0.3, -0.25) is 9.59 Å². The lowest BCUT2D eigenvalue weighted by atomic mass is 9.90. The molecule has 0 spiro atoms. The second-order valence-electron chi connectivity index (χ2n) is 6.03. The number of carbonyl (C=O) groups excluding carboxylic acids is 2. The number of amides is 1. The van der Waals surface area contributed by atoms with Gasteiger partial charge in [0.1, 0.15) is 11.3 Å². The summed E-state index contributed by atoms with van der Waals surface area (Å²) in [5.74, 6) is -0.240. The molecule has 130 valence electrons. The van der Waals surface area contributed by atoms with Crippen LogP contribution in [0.25, 0.3) is 0 Å². The number of hydrogen-bond donors (Lipinski definition) is 1. The van der Waals surface area contributed by atoms with Crippen molar-refractivity contribution in [3.63, 3.8) is 0 Å². The molecule has 24 heavy (non-hydrogen) atoms. The molecular formula is C18H24N2O4. The van der Waals surface area contributed by atoms with Crippen molar-refractivity contribution in [2.24, 2.45) is 5.92 Å². The average molecular weight is 332 g/mol. The van der Waals surface area contributed by atoms with Crippen molar-refractivity contribution in [2.45, 2.75) is 39.2 Å². The molecule has 1 N–H and O–H groups in total. The third kappa shape index (κ3) is 5.92.